The van der Waals surface area contributed by atoms with Gasteiger partial charge in [0.2, 0.25) is 6.79 Å². The van der Waals surface area contributed by atoms with Crippen LogP contribution in [0.2, 0.25) is 0 Å². The molecule has 0 aromatic heterocycles. The molecule has 3 rings (SSSR count). The van der Waals surface area contributed by atoms with Crippen LogP contribution in [0.5, 0.6) is 11.5 Å². The molecule has 0 bridgehead atoms. The molecule has 0 saturated carbocycles. The molecule has 0 radical (unpaired) electrons. The first-order valence-corrected chi connectivity index (χ1v) is 6.51. The van der Waals surface area contributed by atoms with Gasteiger partial charge in [-0.05, 0) is 26.2 Å². The van der Waals surface area contributed by atoms with Gasteiger partial charge < -0.3 is 14.4 Å². The van der Waals surface area contributed by atoms with Crippen molar-refractivity contribution in [2.45, 2.75) is 32.2 Å². The summed E-state index contributed by atoms with van der Waals surface area (Å²) in [4.78, 5) is 13.0. The van der Waals surface area contributed by atoms with Crippen molar-refractivity contribution in [3.05, 3.63) is 22.2 Å². The first kappa shape index (κ1) is 12.1. The highest BCUT2D eigenvalue weighted by Crippen LogP contribution is 2.43. The molecule has 6 nitrogen and oxygen atoms in total. The van der Waals surface area contributed by atoms with Crippen LogP contribution in [0.15, 0.2) is 12.1 Å². The standard InChI is InChI=1S/C13H16N2O4/c1-9-4-2-3-5-14(9)10-6-12-13(19-8-18-12)7-11(10)15(16)17/h6-7,9H,2-5,8H2,1H3/t9-/m1/s1. The topological polar surface area (TPSA) is 64.8 Å². The molecular formula is C13H16N2O4. The molecule has 1 atom stereocenters. The zero-order chi connectivity index (χ0) is 13.4. The second-order valence-corrected chi connectivity index (χ2v) is 4.99. The van der Waals surface area contributed by atoms with Gasteiger partial charge in [0.05, 0.1) is 11.0 Å². The zero-order valence-electron chi connectivity index (χ0n) is 10.8. The summed E-state index contributed by atoms with van der Waals surface area (Å²) in [6.45, 7) is 3.08. The predicted molar refractivity (Wildman–Crippen MR) is 69.9 cm³/mol. The van der Waals surface area contributed by atoms with Crippen LogP contribution in [0.3, 0.4) is 0 Å². The van der Waals surface area contributed by atoms with Crippen molar-refractivity contribution in [3.8, 4) is 11.5 Å². The van der Waals surface area contributed by atoms with Gasteiger partial charge in [0, 0.05) is 18.7 Å². The number of anilines is 1. The summed E-state index contributed by atoms with van der Waals surface area (Å²) in [6, 6.07) is 3.52. The maximum atomic E-state index is 11.3. The van der Waals surface area contributed by atoms with E-state index in [1.165, 1.54) is 12.5 Å². The van der Waals surface area contributed by atoms with Crippen LogP contribution >= 0.6 is 0 Å². The van der Waals surface area contributed by atoms with Crippen LogP contribution in [-0.4, -0.2) is 24.3 Å². The van der Waals surface area contributed by atoms with Crippen LogP contribution in [0.25, 0.3) is 0 Å². The number of benzene rings is 1. The number of nitrogens with zero attached hydrogens (tertiary/aromatic N) is 2. The van der Waals surface area contributed by atoms with Crippen molar-refractivity contribution < 1.29 is 14.4 Å². The number of nitro benzene ring substituents is 1. The van der Waals surface area contributed by atoms with Crippen molar-refractivity contribution in [1.82, 2.24) is 0 Å². The number of hydrogen-bond donors (Lipinski definition) is 0. The molecule has 2 aliphatic rings. The highest BCUT2D eigenvalue weighted by atomic mass is 16.7. The monoisotopic (exact) mass is 264 g/mol. The average molecular weight is 264 g/mol. The molecule has 1 aromatic carbocycles. The molecule has 0 spiro atoms. The summed E-state index contributed by atoms with van der Waals surface area (Å²) in [7, 11) is 0. The van der Waals surface area contributed by atoms with E-state index in [2.05, 4.69) is 11.8 Å². The second kappa shape index (κ2) is 4.60. The Labute approximate surface area is 111 Å². The summed E-state index contributed by atoms with van der Waals surface area (Å²) in [5, 5.41) is 11.3. The van der Waals surface area contributed by atoms with Gasteiger partial charge >= 0.3 is 0 Å². The minimum atomic E-state index is -0.349. The molecule has 0 aliphatic carbocycles. The third kappa shape index (κ3) is 2.07. The number of ether oxygens (including phenoxy) is 2. The molecular weight excluding hydrogens is 248 g/mol. The highest BCUT2D eigenvalue weighted by molar-refractivity contribution is 5.70. The summed E-state index contributed by atoms with van der Waals surface area (Å²) < 4.78 is 10.5. The highest BCUT2D eigenvalue weighted by Gasteiger charge is 2.29. The van der Waals surface area contributed by atoms with Gasteiger partial charge in [0.15, 0.2) is 11.5 Å². The lowest BCUT2D eigenvalue weighted by Gasteiger charge is -2.35. The Morgan fingerprint density at radius 1 is 1.32 bits per heavy atom. The summed E-state index contributed by atoms with van der Waals surface area (Å²) in [6.07, 6.45) is 3.30. The number of hydrogen-bond acceptors (Lipinski definition) is 5. The molecule has 0 amide bonds. The molecule has 102 valence electrons. The minimum Gasteiger partial charge on any atom is -0.454 e. The number of piperidine rings is 1. The van der Waals surface area contributed by atoms with Crippen molar-refractivity contribution in [2.24, 2.45) is 0 Å². The first-order chi connectivity index (χ1) is 9.16. The molecule has 2 heterocycles. The molecule has 2 aliphatic heterocycles. The number of nitro groups is 1. The van der Waals surface area contributed by atoms with E-state index in [9.17, 15) is 10.1 Å². The lowest BCUT2D eigenvalue weighted by Crippen LogP contribution is -2.37. The van der Waals surface area contributed by atoms with Gasteiger partial charge in [-0.15, -0.1) is 0 Å². The third-order valence-electron chi connectivity index (χ3n) is 3.78. The Balaban J connectivity index is 2.05. The Morgan fingerprint density at radius 3 is 2.74 bits per heavy atom. The maximum absolute atomic E-state index is 11.3. The van der Waals surface area contributed by atoms with Gasteiger partial charge in [0.25, 0.3) is 5.69 Å². The first-order valence-electron chi connectivity index (χ1n) is 6.51. The van der Waals surface area contributed by atoms with Gasteiger partial charge in [-0.1, -0.05) is 0 Å². The van der Waals surface area contributed by atoms with E-state index in [4.69, 9.17) is 9.47 Å². The maximum Gasteiger partial charge on any atom is 0.296 e. The quantitative estimate of drug-likeness (QED) is 0.607. The Hall–Kier alpha value is -1.98. The van der Waals surface area contributed by atoms with Gasteiger partial charge in [-0.3, -0.25) is 10.1 Å². The summed E-state index contributed by atoms with van der Waals surface area (Å²) >= 11 is 0. The average Bonchev–Trinajstić information content (AvgIpc) is 2.85. The molecule has 1 fully saturated rings. The second-order valence-electron chi connectivity index (χ2n) is 4.99. The lowest BCUT2D eigenvalue weighted by molar-refractivity contribution is -0.384. The van der Waals surface area contributed by atoms with E-state index in [-0.39, 0.29) is 17.4 Å². The van der Waals surface area contributed by atoms with E-state index in [0.29, 0.717) is 23.2 Å². The van der Waals surface area contributed by atoms with Crippen LogP contribution in [-0.2, 0) is 0 Å². The van der Waals surface area contributed by atoms with E-state index >= 15 is 0 Å². The number of fused-ring (bicyclic) bond motifs is 1. The van der Waals surface area contributed by atoms with E-state index < -0.39 is 0 Å². The molecule has 0 N–H and O–H groups in total. The SMILES string of the molecule is C[C@@H]1CCCCN1c1cc2c(cc1[N+](=O)[O-])OCO2. The van der Waals surface area contributed by atoms with E-state index in [0.717, 1.165) is 19.4 Å². The fourth-order valence-corrected chi connectivity index (χ4v) is 2.75. The zero-order valence-corrected chi connectivity index (χ0v) is 10.8. The van der Waals surface area contributed by atoms with Crippen LogP contribution in [0.1, 0.15) is 26.2 Å². The van der Waals surface area contributed by atoms with Crippen LogP contribution in [0, 0.1) is 10.1 Å². The fraction of sp³-hybridized carbons (Fsp3) is 0.538. The van der Waals surface area contributed by atoms with Gasteiger partial charge in [-0.25, -0.2) is 0 Å². The molecule has 6 heteroatoms. The molecule has 1 aromatic rings. The predicted octanol–water partition coefficient (Wildman–Crippen LogP) is 2.70. The van der Waals surface area contributed by atoms with E-state index in [1.54, 1.807) is 6.07 Å². The summed E-state index contributed by atoms with van der Waals surface area (Å²) in [5.41, 5.74) is 0.736. The normalized spacial score (nSPS) is 21.5. The Kier molecular flexibility index (Phi) is 2.93. The third-order valence-corrected chi connectivity index (χ3v) is 3.78. The van der Waals surface area contributed by atoms with Crippen molar-refractivity contribution in [3.63, 3.8) is 0 Å². The lowest BCUT2D eigenvalue weighted by atomic mass is 10.0. The van der Waals surface area contributed by atoms with Crippen molar-refractivity contribution >= 4 is 11.4 Å². The van der Waals surface area contributed by atoms with Gasteiger partial charge in [0.1, 0.15) is 5.69 Å². The Morgan fingerprint density at radius 2 is 2.05 bits per heavy atom. The largest absolute Gasteiger partial charge is 0.454 e. The molecule has 19 heavy (non-hydrogen) atoms. The van der Waals surface area contributed by atoms with Gasteiger partial charge in [-0.2, -0.15) is 0 Å². The molecule has 0 unspecified atom stereocenters. The van der Waals surface area contributed by atoms with Crippen LogP contribution < -0.4 is 14.4 Å². The molecule has 1 saturated heterocycles. The van der Waals surface area contributed by atoms with Crippen molar-refractivity contribution in [1.29, 1.82) is 0 Å². The van der Waals surface area contributed by atoms with Crippen molar-refractivity contribution in [2.75, 3.05) is 18.2 Å². The van der Waals surface area contributed by atoms with Crippen LogP contribution in [0.4, 0.5) is 11.4 Å². The number of rotatable bonds is 2. The smallest absolute Gasteiger partial charge is 0.296 e. The minimum absolute atomic E-state index is 0.0954. The fourth-order valence-electron chi connectivity index (χ4n) is 2.75. The summed E-state index contributed by atoms with van der Waals surface area (Å²) in [5.74, 6) is 1.05. The van der Waals surface area contributed by atoms with E-state index in [1.807, 2.05) is 0 Å². The Bertz CT molecular complexity index is 518.